The number of carbonyl (C=O) groups excluding carboxylic acids is 1. The Morgan fingerprint density at radius 1 is 1.25 bits per heavy atom. The molecule has 3 aromatic rings. The number of ether oxygens (including phenoxy) is 1. The summed E-state index contributed by atoms with van der Waals surface area (Å²) < 4.78 is 7.22. The van der Waals surface area contributed by atoms with Gasteiger partial charge in [-0.15, -0.1) is 6.42 Å². The summed E-state index contributed by atoms with van der Waals surface area (Å²) in [6, 6.07) is 15.5. The number of aromatic nitrogens is 2. The minimum atomic E-state index is -0.373. The van der Waals surface area contributed by atoms with E-state index in [0.29, 0.717) is 28.0 Å². The van der Waals surface area contributed by atoms with Crippen LogP contribution in [0.4, 0.5) is 5.82 Å². The monoisotopic (exact) mass is 445 g/mol. The number of aryl methyl sites for hydroxylation is 1. The second-order valence-corrected chi connectivity index (χ2v) is 8.61. The Morgan fingerprint density at radius 3 is 2.75 bits per heavy atom. The molecule has 1 atom stereocenters. The van der Waals surface area contributed by atoms with Crippen LogP contribution in [0, 0.1) is 19.3 Å². The number of terminal acetylenes is 1. The van der Waals surface area contributed by atoms with Crippen LogP contribution in [0.25, 0.3) is 0 Å². The van der Waals surface area contributed by atoms with Gasteiger partial charge in [0.15, 0.2) is 5.16 Å². The van der Waals surface area contributed by atoms with Crippen molar-refractivity contribution < 1.29 is 9.53 Å². The van der Waals surface area contributed by atoms with E-state index < -0.39 is 0 Å². The Balaban J connectivity index is 1.65. The van der Waals surface area contributed by atoms with E-state index in [0.717, 1.165) is 11.1 Å². The van der Waals surface area contributed by atoms with Gasteiger partial charge in [-0.05, 0) is 30.2 Å². The molecular weight excluding hydrogens is 422 g/mol. The smallest absolute Gasteiger partial charge is 0.279 e. The molecule has 1 aromatic heterocycles. The van der Waals surface area contributed by atoms with Gasteiger partial charge < -0.3 is 14.6 Å². The molecule has 0 saturated carbocycles. The van der Waals surface area contributed by atoms with Crippen molar-refractivity contribution in [2.75, 3.05) is 11.9 Å². The number of hydrogen-bond acceptors (Lipinski definition) is 5. The van der Waals surface area contributed by atoms with E-state index in [4.69, 9.17) is 11.2 Å². The van der Waals surface area contributed by atoms with Gasteiger partial charge in [0.25, 0.3) is 5.56 Å². The third-order valence-corrected chi connectivity index (χ3v) is 6.46. The van der Waals surface area contributed by atoms with Gasteiger partial charge in [0, 0.05) is 25.1 Å². The molecular formula is C25H23N3O3S. The van der Waals surface area contributed by atoms with Gasteiger partial charge in [-0.1, -0.05) is 59.6 Å². The predicted molar refractivity (Wildman–Crippen MR) is 126 cm³/mol. The Hall–Kier alpha value is -3.50. The second-order valence-electron chi connectivity index (χ2n) is 7.67. The number of nitrogens with one attached hydrogen (secondary N) is 1. The zero-order valence-corrected chi connectivity index (χ0v) is 18.7. The Bertz CT molecular complexity index is 1260. The first-order valence-electron chi connectivity index (χ1n) is 10.2. The molecule has 0 aliphatic carbocycles. The lowest BCUT2D eigenvalue weighted by atomic mass is 9.87. The number of anilines is 1. The van der Waals surface area contributed by atoms with Gasteiger partial charge in [0.05, 0.1) is 5.56 Å². The number of nitrogens with zero attached hydrogens (tertiary/aromatic N) is 2. The number of hydrogen-bond donors (Lipinski definition) is 1. The third-order valence-electron chi connectivity index (χ3n) is 5.36. The lowest BCUT2D eigenvalue weighted by molar-refractivity contribution is -0.116. The molecule has 2 heterocycles. The van der Waals surface area contributed by atoms with Gasteiger partial charge >= 0.3 is 0 Å². The van der Waals surface area contributed by atoms with Crippen molar-refractivity contribution in [1.82, 2.24) is 9.55 Å². The lowest BCUT2D eigenvalue weighted by Crippen LogP contribution is -2.33. The second kappa shape index (κ2) is 9.33. The minimum Gasteiger partial charge on any atom is -0.481 e. The summed E-state index contributed by atoms with van der Waals surface area (Å²) in [6.45, 7) is 2.23. The van der Waals surface area contributed by atoms with Crippen molar-refractivity contribution >= 4 is 23.5 Å². The molecule has 0 spiro atoms. The van der Waals surface area contributed by atoms with E-state index in [1.54, 1.807) is 16.7 Å². The van der Waals surface area contributed by atoms with Crippen LogP contribution in [0.5, 0.6) is 5.75 Å². The fourth-order valence-corrected chi connectivity index (χ4v) is 4.73. The number of thioether (sulfide) groups is 1. The van der Waals surface area contributed by atoms with Gasteiger partial charge in [-0.25, -0.2) is 0 Å². The molecule has 162 valence electrons. The molecule has 7 heteroatoms. The summed E-state index contributed by atoms with van der Waals surface area (Å²) >= 11 is 1.47. The molecule has 1 amide bonds. The van der Waals surface area contributed by atoms with Crippen LogP contribution in [0.2, 0.25) is 0 Å². The number of rotatable bonds is 6. The zero-order valence-electron chi connectivity index (χ0n) is 17.9. The molecule has 0 radical (unpaired) electrons. The highest BCUT2D eigenvalue weighted by Crippen LogP contribution is 2.36. The summed E-state index contributed by atoms with van der Waals surface area (Å²) in [5.74, 6) is 3.74. The molecule has 1 aliphatic heterocycles. The van der Waals surface area contributed by atoms with Crippen LogP contribution in [-0.2, 0) is 17.6 Å². The summed E-state index contributed by atoms with van der Waals surface area (Å²) in [4.78, 5) is 29.9. The highest BCUT2D eigenvalue weighted by atomic mass is 32.2. The molecule has 0 saturated heterocycles. The van der Waals surface area contributed by atoms with Crippen molar-refractivity contribution in [2.45, 2.75) is 30.2 Å². The zero-order chi connectivity index (χ0) is 22.7. The Morgan fingerprint density at radius 2 is 2.03 bits per heavy atom. The standard InChI is InChI=1S/C25H23N3O3S/c1-4-12-31-19-10-8-18(9-11-19)20-14-21(29)26-23-22(20)24(30)27-25(28(23)3)32-15-17-7-5-6-16(2)13-17/h1,5-11,13,20H,12,14-15H2,2-3H3,(H,26,29)/t20-/m0/s1. The van der Waals surface area contributed by atoms with Gasteiger partial charge in [-0.3, -0.25) is 9.59 Å². The summed E-state index contributed by atoms with van der Waals surface area (Å²) in [6.07, 6.45) is 5.42. The number of benzene rings is 2. The van der Waals surface area contributed by atoms with Crippen molar-refractivity contribution in [2.24, 2.45) is 7.05 Å². The van der Waals surface area contributed by atoms with Crippen LogP contribution >= 0.6 is 11.8 Å². The van der Waals surface area contributed by atoms with Crippen LogP contribution in [-0.4, -0.2) is 22.1 Å². The average Bonchev–Trinajstić information content (AvgIpc) is 2.79. The first-order chi connectivity index (χ1) is 15.5. The summed E-state index contributed by atoms with van der Waals surface area (Å²) in [7, 11) is 1.82. The first kappa shape index (κ1) is 21.7. The lowest BCUT2D eigenvalue weighted by Gasteiger charge is -2.27. The topological polar surface area (TPSA) is 73.2 Å². The molecule has 0 unspecified atom stereocenters. The van der Waals surface area contributed by atoms with E-state index in [-0.39, 0.29) is 30.4 Å². The van der Waals surface area contributed by atoms with E-state index in [9.17, 15) is 9.59 Å². The molecule has 1 N–H and O–H groups in total. The van der Waals surface area contributed by atoms with E-state index in [1.165, 1.54) is 17.3 Å². The maximum Gasteiger partial charge on any atom is 0.279 e. The SMILES string of the molecule is C#CCOc1ccc([C@@H]2CC(=O)Nc3c2c(=O)nc(SCc2cccc(C)c2)n3C)cc1. The molecule has 1 aliphatic rings. The average molecular weight is 446 g/mol. The third kappa shape index (κ3) is 4.56. The van der Waals surface area contributed by atoms with E-state index >= 15 is 0 Å². The largest absolute Gasteiger partial charge is 0.481 e. The fourth-order valence-electron chi connectivity index (χ4n) is 3.82. The normalized spacial score (nSPS) is 14.9. The van der Waals surface area contributed by atoms with Crippen molar-refractivity contribution in [3.8, 4) is 18.1 Å². The minimum absolute atomic E-state index is 0.133. The number of fused-ring (bicyclic) bond motifs is 1. The summed E-state index contributed by atoms with van der Waals surface area (Å²) in [5.41, 5.74) is 3.37. The van der Waals surface area contributed by atoms with Gasteiger partial charge in [0.1, 0.15) is 18.2 Å². The van der Waals surface area contributed by atoms with Crippen molar-refractivity contribution in [3.63, 3.8) is 0 Å². The van der Waals surface area contributed by atoms with Crippen molar-refractivity contribution in [1.29, 1.82) is 0 Å². The Labute approximate surface area is 191 Å². The van der Waals surface area contributed by atoms with Crippen LogP contribution in [0.1, 0.15) is 34.6 Å². The molecule has 0 fully saturated rings. The molecule has 0 bridgehead atoms. The van der Waals surface area contributed by atoms with Crippen molar-refractivity contribution in [3.05, 3.63) is 81.1 Å². The maximum absolute atomic E-state index is 13.1. The molecule has 2 aromatic carbocycles. The summed E-state index contributed by atoms with van der Waals surface area (Å²) in [5, 5.41) is 3.44. The molecule has 4 rings (SSSR count). The van der Waals surface area contributed by atoms with Crippen LogP contribution in [0.3, 0.4) is 0 Å². The highest BCUT2D eigenvalue weighted by molar-refractivity contribution is 7.98. The van der Waals surface area contributed by atoms with Gasteiger partial charge in [0.2, 0.25) is 5.91 Å². The first-order valence-corrected chi connectivity index (χ1v) is 11.2. The van der Waals surface area contributed by atoms with Crippen LogP contribution in [0.15, 0.2) is 58.5 Å². The maximum atomic E-state index is 13.1. The molecule has 32 heavy (non-hydrogen) atoms. The van der Waals surface area contributed by atoms with Gasteiger partial charge in [-0.2, -0.15) is 4.98 Å². The highest BCUT2D eigenvalue weighted by Gasteiger charge is 2.32. The fraction of sp³-hybridized carbons (Fsp3) is 0.240. The van der Waals surface area contributed by atoms with Crippen LogP contribution < -0.4 is 15.6 Å². The number of amides is 1. The number of carbonyl (C=O) groups is 1. The quantitative estimate of drug-likeness (QED) is 0.354. The Kier molecular flexibility index (Phi) is 6.33. The van der Waals surface area contributed by atoms with E-state index in [1.807, 2.05) is 44.3 Å². The molecule has 6 nitrogen and oxygen atoms in total. The predicted octanol–water partition coefficient (Wildman–Crippen LogP) is 3.87. The van der Waals surface area contributed by atoms with E-state index in [2.05, 4.69) is 22.3 Å².